The molecule has 1 N–H and O–H groups in total. The van der Waals surface area contributed by atoms with Gasteiger partial charge in [-0.05, 0) is 45.9 Å². The van der Waals surface area contributed by atoms with Crippen LogP contribution in [-0.2, 0) is 10.5 Å². The summed E-state index contributed by atoms with van der Waals surface area (Å²) < 4.78 is 49.2. The second kappa shape index (κ2) is 9.27. The van der Waals surface area contributed by atoms with E-state index in [4.69, 9.17) is 9.47 Å². The summed E-state index contributed by atoms with van der Waals surface area (Å²) in [6.45, 7) is 5.56. The van der Waals surface area contributed by atoms with E-state index in [9.17, 15) is 18.0 Å². The first-order valence-corrected chi connectivity index (χ1v) is 10.7. The number of carbonyl (C=O) groups excluding carboxylic acids is 1. The average Bonchev–Trinajstić information content (AvgIpc) is 3.01. The highest BCUT2D eigenvalue weighted by molar-refractivity contribution is 7.98. The Morgan fingerprint density at radius 2 is 1.91 bits per heavy atom. The van der Waals surface area contributed by atoms with Gasteiger partial charge in [0.2, 0.25) is 0 Å². The second-order valence-corrected chi connectivity index (χ2v) is 8.85. The van der Waals surface area contributed by atoms with E-state index in [-0.39, 0.29) is 5.75 Å². The summed E-state index contributed by atoms with van der Waals surface area (Å²) in [4.78, 5) is 21.1. The largest absolute Gasteiger partial charge is 0.484 e. The van der Waals surface area contributed by atoms with Crippen LogP contribution in [0.25, 0.3) is 11.0 Å². The number of para-hydroxylation sites is 2. The minimum absolute atomic E-state index is 0.119. The van der Waals surface area contributed by atoms with Gasteiger partial charge >= 0.3 is 12.3 Å². The molecule has 0 aliphatic heterocycles. The van der Waals surface area contributed by atoms with E-state index in [1.165, 1.54) is 28.7 Å². The number of amides is 1. The first-order chi connectivity index (χ1) is 14.9. The minimum Gasteiger partial charge on any atom is -0.484 e. The van der Waals surface area contributed by atoms with Gasteiger partial charge in [0.25, 0.3) is 0 Å². The smallest absolute Gasteiger partial charge is 0.427 e. The third kappa shape index (κ3) is 6.28. The Morgan fingerprint density at radius 3 is 2.59 bits per heavy atom. The van der Waals surface area contributed by atoms with Crippen molar-refractivity contribution in [2.24, 2.45) is 0 Å². The molecule has 11 heteroatoms. The van der Waals surface area contributed by atoms with Crippen molar-refractivity contribution in [2.75, 3.05) is 12.0 Å². The fourth-order valence-electron chi connectivity index (χ4n) is 2.75. The summed E-state index contributed by atoms with van der Waals surface area (Å²) in [5.41, 5.74) is 4.41. The van der Waals surface area contributed by atoms with Crippen LogP contribution >= 0.6 is 11.8 Å². The number of ether oxygens (including phenoxy) is 2. The van der Waals surface area contributed by atoms with Crippen molar-refractivity contribution in [2.45, 2.75) is 50.4 Å². The molecular weight excluding hydrogens is 445 g/mol. The van der Waals surface area contributed by atoms with Gasteiger partial charge in [-0.25, -0.2) is 19.9 Å². The SMILES string of the molecule is Cc1c(OCC(F)(F)F)ccnc1CSc1nc2ccccc2n1NC(=O)OC(C)(C)C. The molecule has 0 spiro atoms. The standard InChI is InChI=1S/C21H23F3N4O3S/c1-13-15(25-10-9-17(13)30-12-21(22,23)24)11-32-18-26-14-7-5-6-8-16(14)28(18)27-19(29)31-20(2,3)4/h5-10H,11-12H2,1-4H3,(H,27,29). The van der Waals surface area contributed by atoms with Gasteiger partial charge in [0.05, 0.1) is 16.7 Å². The maximum Gasteiger partial charge on any atom is 0.427 e. The number of aromatic nitrogens is 3. The lowest BCUT2D eigenvalue weighted by Crippen LogP contribution is -2.31. The Kier molecular flexibility index (Phi) is 6.87. The number of hydrogen-bond donors (Lipinski definition) is 1. The van der Waals surface area contributed by atoms with Crippen LogP contribution < -0.4 is 10.2 Å². The molecule has 0 saturated heterocycles. The van der Waals surface area contributed by atoms with E-state index < -0.39 is 24.5 Å². The Bertz CT molecular complexity index is 1110. The molecule has 2 heterocycles. The van der Waals surface area contributed by atoms with Crippen molar-refractivity contribution in [3.8, 4) is 5.75 Å². The first-order valence-electron chi connectivity index (χ1n) is 9.67. The summed E-state index contributed by atoms with van der Waals surface area (Å²) in [6.07, 6.45) is -3.67. The van der Waals surface area contributed by atoms with Gasteiger partial charge in [-0.1, -0.05) is 23.9 Å². The maximum atomic E-state index is 12.5. The number of alkyl halides is 3. The predicted octanol–water partition coefficient (Wildman–Crippen LogP) is 5.45. The van der Waals surface area contributed by atoms with E-state index in [1.807, 2.05) is 18.2 Å². The van der Waals surface area contributed by atoms with Gasteiger partial charge in [0, 0.05) is 17.5 Å². The number of nitrogens with one attached hydrogen (secondary N) is 1. The summed E-state index contributed by atoms with van der Waals surface area (Å²) >= 11 is 1.27. The van der Waals surface area contributed by atoms with Gasteiger partial charge in [0.1, 0.15) is 11.4 Å². The number of thioether (sulfide) groups is 1. The van der Waals surface area contributed by atoms with E-state index in [2.05, 4.69) is 15.4 Å². The normalized spacial score (nSPS) is 12.1. The van der Waals surface area contributed by atoms with Gasteiger partial charge in [-0.15, -0.1) is 0 Å². The third-order valence-electron chi connectivity index (χ3n) is 4.12. The quantitative estimate of drug-likeness (QED) is 0.485. The first kappa shape index (κ1) is 23.7. The molecule has 3 rings (SSSR count). The molecule has 7 nitrogen and oxygen atoms in total. The zero-order valence-corrected chi connectivity index (χ0v) is 18.8. The minimum atomic E-state index is -4.43. The molecule has 32 heavy (non-hydrogen) atoms. The Balaban J connectivity index is 1.81. The monoisotopic (exact) mass is 468 g/mol. The molecule has 0 bridgehead atoms. The fraction of sp³-hybridized carbons (Fsp3) is 0.381. The molecule has 1 amide bonds. The summed E-state index contributed by atoms with van der Waals surface area (Å²) in [7, 11) is 0. The van der Waals surface area contributed by atoms with Gasteiger partial charge < -0.3 is 9.47 Å². The van der Waals surface area contributed by atoms with Crippen LogP contribution in [0.4, 0.5) is 18.0 Å². The molecule has 1 aromatic carbocycles. The number of benzene rings is 1. The number of hydrogen-bond acceptors (Lipinski definition) is 6. The van der Waals surface area contributed by atoms with Crippen molar-refractivity contribution >= 4 is 28.9 Å². The number of nitrogens with zero attached hydrogens (tertiary/aromatic N) is 3. The van der Waals surface area contributed by atoms with Crippen LogP contribution in [-0.4, -0.2) is 39.1 Å². The van der Waals surface area contributed by atoms with Gasteiger partial charge in [0.15, 0.2) is 11.8 Å². The van der Waals surface area contributed by atoms with E-state index >= 15 is 0 Å². The molecule has 0 radical (unpaired) electrons. The summed E-state index contributed by atoms with van der Waals surface area (Å²) in [6, 6.07) is 8.66. The number of halogens is 3. The van der Waals surface area contributed by atoms with Crippen LogP contribution in [0.1, 0.15) is 32.0 Å². The average molecular weight is 469 g/mol. The topological polar surface area (TPSA) is 78.3 Å². The molecule has 0 atom stereocenters. The van der Waals surface area contributed by atoms with Crippen LogP contribution in [0.2, 0.25) is 0 Å². The molecule has 0 aliphatic carbocycles. The van der Waals surface area contributed by atoms with Gasteiger partial charge in [-0.2, -0.15) is 13.2 Å². The maximum absolute atomic E-state index is 12.5. The van der Waals surface area contributed by atoms with Crippen LogP contribution in [0.15, 0.2) is 41.7 Å². The summed E-state index contributed by atoms with van der Waals surface area (Å²) in [5.74, 6) is 0.419. The number of imidazole rings is 1. The lowest BCUT2D eigenvalue weighted by Gasteiger charge is -2.20. The van der Waals surface area contributed by atoms with Crippen LogP contribution in [0.3, 0.4) is 0 Å². The Morgan fingerprint density at radius 1 is 1.19 bits per heavy atom. The van der Waals surface area contributed by atoms with E-state index in [0.717, 1.165) is 0 Å². The van der Waals surface area contributed by atoms with Crippen molar-refractivity contribution in [3.63, 3.8) is 0 Å². The number of carbonyl (C=O) groups is 1. The Hall–Kier alpha value is -2.95. The lowest BCUT2D eigenvalue weighted by molar-refractivity contribution is -0.153. The molecule has 0 saturated carbocycles. The number of fused-ring (bicyclic) bond motifs is 1. The molecule has 3 aromatic rings. The molecule has 0 fully saturated rings. The fourth-order valence-corrected chi connectivity index (χ4v) is 3.75. The highest BCUT2D eigenvalue weighted by Crippen LogP contribution is 2.29. The molecular formula is C21H23F3N4O3S. The molecule has 0 aliphatic rings. The predicted molar refractivity (Wildman–Crippen MR) is 115 cm³/mol. The number of rotatable bonds is 6. The van der Waals surface area contributed by atoms with Crippen molar-refractivity contribution in [1.82, 2.24) is 14.6 Å². The van der Waals surface area contributed by atoms with E-state index in [0.29, 0.717) is 33.2 Å². The highest BCUT2D eigenvalue weighted by Gasteiger charge is 2.29. The number of pyridine rings is 1. The zero-order valence-electron chi connectivity index (χ0n) is 18.0. The summed E-state index contributed by atoms with van der Waals surface area (Å²) in [5, 5.41) is 0.472. The zero-order chi connectivity index (χ0) is 23.5. The van der Waals surface area contributed by atoms with Crippen LogP contribution in [0, 0.1) is 6.92 Å². The van der Waals surface area contributed by atoms with Crippen molar-refractivity contribution in [1.29, 1.82) is 0 Å². The molecule has 172 valence electrons. The molecule has 2 aromatic heterocycles. The lowest BCUT2D eigenvalue weighted by atomic mass is 10.2. The van der Waals surface area contributed by atoms with Crippen molar-refractivity contribution < 1.29 is 27.4 Å². The Labute approximate surface area is 187 Å². The van der Waals surface area contributed by atoms with Crippen LogP contribution in [0.5, 0.6) is 5.75 Å². The molecule has 0 unspecified atom stereocenters. The second-order valence-electron chi connectivity index (χ2n) is 7.91. The highest BCUT2D eigenvalue weighted by atomic mass is 32.2. The van der Waals surface area contributed by atoms with Gasteiger partial charge in [-0.3, -0.25) is 4.98 Å². The third-order valence-corrected chi connectivity index (χ3v) is 5.07. The van der Waals surface area contributed by atoms with E-state index in [1.54, 1.807) is 33.8 Å². The van der Waals surface area contributed by atoms with Crippen molar-refractivity contribution in [3.05, 3.63) is 47.8 Å².